The molecule has 1 atom stereocenters. The molecule has 1 unspecified atom stereocenters. The Morgan fingerprint density at radius 3 is 2.40 bits per heavy atom. The Hall–Kier alpha value is -1.06. The second kappa shape index (κ2) is 8.98. The average molecular weight is 283 g/mol. The topological polar surface area (TPSA) is 57.6 Å². The quantitative estimate of drug-likeness (QED) is 0.742. The highest BCUT2D eigenvalue weighted by molar-refractivity contribution is 5.79. The third kappa shape index (κ3) is 5.14. The predicted molar refractivity (Wildman–Crippen MR) is 79.5 cm³/mol. The number of hydrogen-bond acceptors (Lipinski definition) is 2. The second-order valence-electron chi connectivity index (χ2n) is 5.89. The molecule has 0 radical (unpaired) electrons. The van der Waals surface area contributed by atoms with Crippen molar-refractivity contribution in [2.24, 2.45) is 5.92 Å². The molecule has 1 aliphatic heterocycles. The third-order valence-corrected chi connectivity index (χ3v) is 4.23. The molecular weight excluding hydrogens is 254 g/mol. The molecule has 0 spiro atoms. The van der Waals surface area contributed by atoms with Crippen molar-refractivity contribution < 1.29 is 14.7 Å². The van der Waals surface area contributed by atoms with Crippen molar-refractivity contribution in [2.45, 2.75) is 77.7 Å². The SMILES string of the molecule is CCCC(CCC)C(=O)N1CCCCC1CCC(=O)O. The van der Waals surface area contributed by atoms with Gasteiger partial charge in [0.15, 0.2) is 0 Å². The van der Waals surface area contributed by atoms with Crippen LogP contribution in [0.15, 0.2) is 0 Å². The molecule has 1 rings (SSSR count). The minimum Gasteiger partial charge on any atom is -0.481 e. The Morgan fingerprint density at radius 1 is 1.20 bits per heavy atom. The third-order valence-electron chi connectivity index (χ3n) is 4.23. The summed E-state index contributed by atoms with van der Waals surface area (Å²) >= 11 is 0. The molecule has 0 aliphatic carbocycles. The first-order valence-electron chi connectivity index (χ1n) is 8.12. The summed E-state index contributed by atoms with van der Waals surface area (Å²) in [5.74, 6) is -0.360. The standard InChI is InChI=1S/C16H29NO3/c1-3-7-13(8-4-2)16(20)17-12-6-5-9-14(17)10-11-15(18)19/h13-14H,3-12H2,1-2H3,(H,18,19). The van der Waals surface area contributed by atoms with Crippen LogP contribution in [-0.2, 0) is 9.59 Å². The molecule has 1 amide bonds. The van der Waals surface area contributed by atoms with Crippen LogP contribution in [0.3, 0.4) is 0 Å². The fraction of sp³-hybridized carbons (Fsp3) is 0.875. The van der Waals surface area contributed by atoms with Crippen LogP contribution in [-0.4, -0.2) is 34.5 Å². The summed E-state index contributed by atoms with van der Waals surface area (Å²) in [5.41, 5.74) is 0. The highest BCUT2D eigenvalue weighted by Gasteiger charge is 2.30. The first-order chi connectivity index (χ1) is 9.60. The van der Waals surface area contributed by atoms with Gasteiger partial charge in [-0.1, -0.05) is 26.7 Å². The summed E-state index contributed by atoms with van der Waals surface area (Å²) in [6.07, 6.45) is 7.87. The van der Waals surface area contributed by atoms with Gasteiger partial charge in [-0.25, -0.2) is 0 Å². The van der Waals surface area contributed by atoms with E-state index in [0.717, 1.165) is 51.5 Å². The molecule has 0 bridgehead atoms. The van der Waals surface area contributed by atoms with Gasteiger partial charge in [-0.3, -0.25) is 9.59 Å². The molecule has 1 aliphatic rings. The molecule has 0 aromatic heterocycles. The van der Waals surface area contributed by atoms with Gasteiger partial charge in [0.05, 0.1) is 0 Å². The highest BCUT2D eigenvalue weighted by atomic mass is 16.4. The summed E-state index contributed by atoms with van der Waals surface area (Å²) in [5, 5.41) is 8.84. The van der Waals surface area contributed by atoms with Crippen molar-refractivity contribution in [3.05, 3.63) is 0 Å². The molecule has 1 heterocycles. The Morgan fingerprint density at radius 2 is 1.85 bits per heavy atom. The van der Waals surface area contributed by atoms with E-state index in [1.807, 2.05) is 4.90 Å². The monoisotopic (exact) mass is 283 g/mol. The van der Waals surface area contributed by atoms with Crippen molar-refractivity contribution in [3.8, 4) is 0 Å². The van der Waals surface area contributed by atoms with Crippen molar-refractivity contribution >= 4 is 11.9 Å². The smallest absolute Gasteiger partial charge is 0.303 e. The lowest BCUT2D eigenvalue weighted by molar-refractivity contribution is -0.142. The predicted octanol–water partition coefficient (Wildman–Crippen LogP) is 3.45. The molecule has 1 fully saturated rings. The summed E-state index contributed by atoms with van der Waals surface area (Å²) in [6.45, 7) is 5.05. The first kappa shape index (κ1) is 17.0. The van der Waals surface area contributed by atoms with Gasteiger partial charge < -0.3 is 10.0 Å². The van der Waals surface area contributed by atoms with E-state index in [4.69, 9.17) is 5.11 Å². The number of carboxylic acids is 1. The highest BCUT2D eigenvalue weighted by Crippen LogP contribution is 2.25. The summed E-state index contributed by atoms with van der Waals surface area (Å²) in [4.78, 5) is 25.5. The Bertz CT molecular complexity index is 311. The molecule has 0 aromatic carbocycles. The van der Waals surface area contributed by atoms with Crippen LogP contribution in [0.25, 0.3) is 0 Å². The van der Waals surface area contributed by atoms with Crippen LogP contribution in [0.5, 0.6) is 0 Å². The molecule has 0 saturated carbocycles. The minimum absolute atomic E-state index is 0.135. The zero-order chi connectivity index (χ0) is 15.0. The van der Waals surface area contributed by atoms with E-state index < -0.39 is 5.97 Å². The molecule has 1 N–H and O–H groups in total. The maximum absolute atomic E-state index is 12.7. The lowest BCUT2D eigenvalue weighted by atomic mass is 9.92. The number of nitrogens with zero attached hydrogens (tertiary/aromatic N) is 1. The molecule has 4 nitrogen and oxygen atoms in total. The Balaban J connectivity index is 2.66. The van der Waals surface area contributed by atoms with E-state index in [2.05, 4.69) is 13.8 Å². The normalized spacial score (nSPS) is 19.4. The second-order valence-corrected chi connectivity index (χ2v) is 5.89. The van der Waals surface area contributed by atoms with Crippen LogP contribution >= 0.6 is 0 Å². The zero-order valence-corrected chi connectivity index (χ0v) is 12.9. The number of carbonyl (C=O) groups is 2. The van der Waals surface area contributed by atoms with Gasteiger partial charge >= 0.3 is 5.97 Å². The molecular formula is C16H29NO3. The number of rotatable bonds is 8. The maximum Gasteiger partial charge on any atom is 0.303 e. The van der Waals surface area contributed by atoms with Gasteiger partial charge in [-0.15, -0.1) is 0 Å². The van der Waals surface area contributed by atoms with Crippen molar-refractivity contribution in [1.29, 1.82) is 0 Å². The largest absolute Gasteiger partial charge is 0.481 e. The van der Waals surface area contributed by atoms with Crippen LogP contribution < -0.4 is 0 Å². The number of carboxylic acid groups (broad SMARTS) is 1. The number of hydrogen-bond donors (Lipinski definition) is 1. The van der Waals surface area contributed by atoms with E-state index in [1.54, 1.807) is 0 Å². The van der Waals surface area contributed by atoms with Crippen LogP contribution in [0.1, 0.15) is 71.6 Å². The summed E-state index contributed by atoms with van der Waals surface area (Å²) < 4.78 is 0. The molecule has 20 heavy (non-hydrogen) atoms. The van der Waals surface area contributed by atoms with E-state index in [9.17, 15) is 9.59 Å². The number of carbonyl (C=O) groups excluding carboxylic acids is 1. The zero-order valence-electron chi connectivity index (χ0n) is 12.9. The number of likely N-dealkylation sites (tertiary alicyclic amines) is 1. The van der Waals surface area contributed by atoms with Gasteiger partial charge in [-0.05, 0) is 38.5 Å². The number of amides is 1. The summed E-state index contributed by atoms with van der Waals surface area (Å²) in [7, 11) is 0. The van der Waals surface area contributed by atoms with E-state index in [0.29, 0.717) is 6.42 Å². The molecule has 4 heteroatoms. The summed E-state index contributed by atoms with van der Waals surface area (Å²) in [6, 6.07) is 0.142. The Kier molecular flexibility index (Phi) is 7.63. The van der Waals surface area contributed by atoms with Crippen LogP contribution in [0.2, 0.25) is 0 Å². The van der Waals surface area contributed by atoms with Crippen molar-refractivity contribution in [1.82, 2.24) is 4.90 Å². The lowest BCUT2D eigenvalue weighted by Gasteiger charge is -2.38. The molecule has 116 valence electrons. The molecule has 1 saturated heterocycles. The van der Waals surface area contributed by atoms with Crippen molar-refractivity contribution in [3.63, 3.8) is 0 Å². The van der Waals surface area contributed by atoms with Gasteiger partial charge in [-0.2, -0.15) is 0 Å². The van der Waals surface area contributed by atoms with E-state index in [-0.39, 0.29) is 24.3 Å². The fourth-order valence-electron chi connectivity index (χ4n) is 3.20. The number of piperidine rings is 1. The van der Waals surface area contributed by atoms with Crippen molar-refractivity contribution in [2.75, 3.05) is 6.54 Å². The van der Waals surface area contributed by atoms with Gasteiger partial charge in [0.2, 0.25) is 5.91 Å². The van der Waals surface area contributed by atoms with Crippen LogP contribution in [0, 0.1) is 5.92 Å². The average Bonchev–Trinajstić information content (AvgIpc) is 2.44. The maximum atomic E-state index is 12.7. The minimum atomic E-state index is -0.762. The Labute approximate surface area is 122 Å². The van der Waals surface area contributed by atoms with E-state index in [1.165, 1.54) is 0 Å². The fourth-order valence-corrected chi connectivity index (χ4v) is 3.20. The van der Waals surface area contributed by atoms with Gasteiger partial charge in [0, 0.05) is 24.9 Å². The number of aliphatic carboxylic acids is 1. The first-order valence-corrected chi connectivity index (χ1v) is 8.12. The molecule has 0 aromatic rings. The van der Waals surface area contributed by atoms with Gasteiger partial charge in [0.25, 0.3) is 0 Å². The van der Waals surface area contributed by atoms with Gasteiger partial charge in [0.1, 0.15) is 0 Å². The van der Waals surface area contributed by atoms with Crippen LogP contribution in [0.4, 0.5) is 0 Å². The van der Waals surface area contributed by atoms with E-state index >= 15 is 0 Å². The lowest BCUT2D eigenvalue weighted by Crippen LogP contribution is -2.46.